The molecule has 0 heterocycles. The van der Waals surface area contributed by atoms with Gasteiger partial charge >= 0.3 is 0 Å². The van der Waals surface area contributed by atoms with Crippen molar-refractivity contribution in [1.82, 2.24) is 4.90 Å². The zero-order valence-electron chi connectivity index (χ0n) is 11.0. The Labute approximate surface area is 118 Å². The summed E-state index contributed by atoms with van der Waals surface area (Å²) in [6.45, 7) is 0. The van der Waals surface area contributed by atoms with Crippen LogP contribution in [0, 0.1) is 0 Å². The smallest absolute Gasteiger partial charge is 0.256 e. The van der Waals surface area contributed by atoms with E-state index in [-0.39, 0.29) is 11.9 Å². The van der Waals surface area contributed by atoms with Gasteiger partial charge in [-0.1, -0.05) is 30.5 Å². The Balaban J connectivity index is 2.21. The molecule has 4 nitrogen and oxygen atoms in total. The lowest BCUT2D eigenvalue weighted by molar-refractivity contribution is 0.0268. The van der Waals surface area contributed by atoms with Gasteiger partial charge in [-0.2, -0.15) is 0 Å². The molecule has 5 heteroatoms. The lowest BCUT2D eigenvalue weighted by Crippen LogP contribution is -2.46. The minimum absolute atomic E-state index is 0.139. The molecule has 2 rings (SSSR count). The van der Waals surface area contributed by atoms with Gasteiger partial charge in [0.05, 0.1) is 28.4 Å². The van der Waals surface area contributed by atoms with Gasteiger partial charge in [0.2, 0.25) is 0 Å². The second-order valence-electron chi connectivity index (χ2n) is 5.04. The highest BCUT2D eigenvalue weighted by molar-refractivity contribution is 6.33. The first-order chi connectivity index (χ1) is 9.02. The van der Waals surface area contributed by atoms with E-state index in [0.29, 0.717) is 16.3 Å². The van der Waals surface area contributed by atoms with Crippen LogP contribution in [0.25, 0.3) is 0 Å². The molecule has 1 aromatic carbocycles. The molecule has 0 spiro atoms. The summed E-state index contributed by atoms with van der Waals surface area (Å²) in [6, 6.07) is 4.88. The summed E-state index contributed by atoms with van der Waals surface area (Å²) in [5, 5.41) is 10.4. The number of amides is 1. The number of nitrogens with two attached hydrogens (primary N) is 1. The van der Waals surface area contributed by atoms with Crippen molar-refractivity contribution in [1.29, 1.82) is 0 Å². The summed E-state index contributed by atoms with van der Waals surface area (Å²) in [5.74, 6) is -0.189. The summed E-state index contributed by atoms with van der Waals surface area (Å²) in [4.78, 5) is 14.0. The summed E-state index contributed by atoms with van der Waals surface area (Å²) >= 11 is 5.93. The van der Waals surface area contributed by atoms with Crippen LogP contribution in [0.5, 0.6) is 0 Å². The molecule has 104 valence electrons. The highest BCUT2D eigenvalue weighted by Crippen LogP contribution is 2.27. The van der Waals surface area contributed by atoms with E-state index in [1.165, 1.54) is 0 Å². The maximum absolute atomic E-state index is 12.4. The number of hydrogen-bond acceptors (Lipinski definition) is 3. The molecule has 1 aromatic rings. The molecule has 19 heavy (non-hydrogen) atoms. The first-order valence-corrected chi connectivity index (χ1v) is 6.89. The first kappa shape index (κ1) is 14.2. The van der Waals surface area contributed by atoms with E-state index in [1.54, 1.807) is 30.1 Å². The number of nitrogen functional groups attached to an aromatic ring is 1. The number of hydrogen-bond donors (Lipinski definition) is 2. The first-order valence-electron chi connectivity index (χ1n) is 6.51. The zero-order chi connectivity index (χ0) is 14.0. The molecule has 0 bridgehead atoms. The third-order valence-electron chi connectivity index (χ3n) is 3.80. The Bertz CT molecular complexity index is 479. The van der Waals surface area contributed by atoms with E-state index in [2.05, 4.69) is 0 Å². The van der Waals surface area contributed by atoms with Crippen molar-refractivity contribution >= 4 is 23.2 Å². The third-order valence-corrected chi connectivity index (χ3v) is 4.12. The van der Waals surface area contributed by atoms with Crippen LogP contribution in [-0.2, 0) is 0 Å². The summed E-state index contributed by atoms with van der Waals surface area (Å²) in [5.41, 5.74) is 6.54. The molecule has 0 saturated heterocycles. The van der Waals surface area contributed by atoms with Gasteiger partial charge in [0.1, 0.15) is 0 Å². The van der Waals surface area contributed by atoms with E-state index in [9.17, 15) is 9.90 Å². The average molecular weight is 283 g/mol. The van der Waals surface area contributed by atoms with Crippen LogP contribution in [0.4, 0.5) is 5.69 Å². The van der Waals surface area contributed by atoms with Gasteiger partial charge in [-0.25, -0.2) is 0 Å². The predicted octanol–water partition coefficient (Wildman–Crippen LogP) is 2.30. The topological polar surface area (TPSA) is 66.6 Å². The number of para-hydroxylation sites is 1. The predicted molar refractivity (Wildman–Crippen MR) is 76.2 cm³/mol. The lowest BCUT2D eigenvalue weighted by Gasteiger charge is -2.35. The number of likely N-dealkylation sites (N-methyl/N-ethyl adjacent to an activating group) is 1. The summed E-state index contributed by atoms with van der Waals surface area (Å²) < 4.78 is 0. The molecule has 2 unspecified atom stereocenters. The Morgan fingerprint density at radius 2 is 2.11 bits per heavy atom. The van der Waals surface area contributed by atoms with Crippen molar-refractivity contribution in [3.05, 3.63) is 28.8 Å². The van der Waals surface area contributed by atoms with Crippen LogP contribution in [-0.4, -0.2) is 35.1 Å². The van der Waals surface area contributed by atoms with Crippen molar-refractivity contribution in [2.45, 2.75) is 37.8 Å². The fourth-order valence-electron chi connectivity index (χ4n) is 2.61. The highest BCUT2D eigenvalue weighted by atomic mass is 35.5. The number of halogens is 1. The Morgan fingerprint density at radius 3 is 2.79 bits per heavy atom. The number of nitrogens with zero attached hydrogens (tertiary/aromatic N) is 1. The molecular weight excluding hydrogens is 264 g/mol. The van der Waals surface area contributed by atoms with Crippen molar-refractivity contribution in [3.63, 3.8) is 0 Å². The number of benzene rings is 1. The molecule has 0 aromatic heterocycles. The van der Waals surface area contributed by atoms with Gasteiger partial charge in [-0.05, 0) is 25.0 Å². The number of aliphatic hydroxyl groups is 1. The van der Waals surface area contributed by atoms with Crippen molar-refractivity contribution < 1.29 is 9.90 Å². The number of carbonyl (C=O) groups is 1. The number of anilines is 1. The van der Waals surface area contributed by atoms with Crippen LogP contribution < -0.4 is 5.73 Å². The van der Waals surface area contributed by atoms with Crippen molar-refractivity contribution in [3.8, 4) is 0 Å². The van der Waals surface area contributed by atoms with Crippen LogP contribution in [0.15, 0.2) is 18.2 Å². The van der Waals surface area contributed by atoms with Gasteiger partial charge in [0.15, 0.2) is 0 Å². The fraction of sp³-hybridized carbons (Fsp3) is 0.500. The highest BCUT2D eigenvalue weighted by Gasteiger charge is 2.30. The fourth-order valence-corrected chi connectivity index (χ4v) is 2.78. The Morgan fingerprint density at radius 1 is 1.42 bits per heavy atom. The molecule has 2 atom stereocenters. The molecule has 3 N–H and O–H groups in total. The maximum atomic E-state index is 12.4. The minimum atomic E-state index is -0.455. The van der Waals surface area contributed by atoms with Gasteiger partial charge in [-0.15, -0.1) is 0 Å². The monoisotopic (exact) mass is 282 g/mol. The maximum Gasteiger partial charge on any atom is 0.256 e. The number of aliphatic hydroxyl groups excluding tert-OH is 1. The zero-order valence-corrected chi connectivity index (χ0v) is 11.7. The van der Waals surface area contributed by atoms with E-state index in [0.717, 1.165) is 25.7 Å². The Kier molecular flexibility index (Phi) is 4.32. The standard InChI is InChI=1S/C14H19ClN2O2/c1-17(11-7-2-3-8-12(11)18)14(19)9-5-4-6-10(15)13(9)16/h4-6,11-12,18H,2-3,7-8,16H2,1H3. The number of rotatable bonds is 2. The summed E-state index contributed by atoms with van der Waals surface area (Å²) in [6.07, 6.45) is 3.16. The van der Waals surface area contributed by atoms with E-state index in [1.807, 2.05) is 0 Å². The minimum Gasteiger partial charge on any atom is -0.397 e. The Hall–Kier alpha value is -1.26. The second kappa shape index (κ2) is 5.80. The molecule has 0 aliphatic heterocycles. The van der Waals surface area contributed by atoms with Crippen LogP contribution in [0.2, 0.25) is 5.02 Å². The summed E-state index contributed by atoms with van der Waals surface area (Å²) in [7, 11) is 1.71. The van der Waals surface area contributed by atoms with Crippen LogP contribution in [0.1, 0.15) is 36.0 Å². The van der Waals surface area contributed by atoms with Gasteiger partial charge in [0, 0.05) is 7.05 Å². The van der Waals surface area contributed by atoms with Crippen LogP contribution in [0.3, 0.4) is 0 Å². The average Bonchev–Trinajstić information content (AvgIpc) is 2.41. The number of carbonyl (C=O) groups excluding carboxylic acids is 1. The lowest BCUT2D eigenvalue weighted by atomic mass is 9.91. The largest absolute Gasteiger partial charge is 0.397 e. The van der Waals surface area contributed by atoms with Gasteiger partial charge in [0.25, 0.3) is 5.91 Å². The van der Waals surface area contributed by atoms with Gasteiger partial charge < -0.3 is 15.7 Å². The molecule has 0 radical (unpaired) electrons. The molecule has 1 aliphatic rings. The molecule has 1 amide bonds. The van der Waals surface area contributed by atoms with Crippen molar-refractivity contribution in [2.24, 2.45) is 0 Å². The molecule has 1 aliphatic carbocycles. The molecule has 1 fully saturated rings. The third kappa shape index (κ3) is 2.85. The van der Waals surface area contributed by atoms with Crippen LogP contribution >= 0.6 is 11.6 Å². The molecular formula is C14H19ClN2O2. The van der Waals surface area contributed by atoms with E-state index >= 15 is 0 Å². The second-order valence-corrected chi connectivity index (χ2v) is 5.44. The molecule has 1 saturated carbocycles. The van der Waals surface area contributed by atoms with Gasteiger partial charge in [-0.3, -0.25) is 4.79 Å². The normalized spacial score (nSPS) is 23.1. The van der Waals surface area contributed by atoms with E-state index < -0.39 is 6.10 Å². The quantitative estimate of drug-likeness (QED) is 0.818. The van der Waals surface area contributed by atoms with E-state index in [4.69, 9.17) is 17.3 Å². The van der Waals surface area contributed by atoms with Crippen molar-refractivity contribution in [2.75, 3.05) is 12.8 Å². The SMILES string of the molecule is CN(C(=O)c1cccc(Cl)c1N)C1CCCCC1O.